The van der Waals surface area contributed by atoms with Gasteiger partial charge in [0.05, 0.1) is 24.1 Å². The number of carbonyl (C=O) groups is 2. The fourth-order valence-corrected chi connectivity index (χ4v) is 3.32. The molecule has 0 unspecified atom stereocenters. The van der Waals surface area contributed by atoms with Gasteiger partial charge in [-0.15, -0.1) is 0 Å². The first-order chi connectivity index (χ1) is 16.1. The van der Waals surface area contributed by atoms with E-state index in [2.05, 4.69) is 10.4 Å². The van der Waals surface area contributed by atoms with Gasteiger partial charge in [0, 0.05) is 23.4 Å². The van der Waals surface area contributed by atoms with Crippen molar-refractivity contribution in [1.29, 1.82) is 0 Å². The number of allylic oxidation sites excluding steroid dienone is 1. The number of nitrogens with one attached hydrogen (secondary N) is 1. The summed E-state index contributed by atoms with van der Waals surface area (Å²) in [6, 6.07) is 13.5. The summed E-state index contributed by atoms with van der Waals surface area (Å²) in [4.78, 5) is 25.3. The fourth-order valence-electron chi connectivity index (χ4n) is 3.32. The Morgan fingerprint density at radius 3 is 2.53 bits per heavy atom. The third-order valence-corrected chi connectivity index (χ3v) is 4.80. The summed E-state index contributed by atoms with van der Waals surface area (Å²) in [5.74, 6) is -1.09. The van der Waals surface area contributed by atoms with Gasteiger partial charge in [0.2, 0.25) is 5.91 Å². The number of carbonyl (C=O) groups excluding carboxylic acids is 1. The lowest BCUT2D eigenvalue weighted by Crippen LogP contribution is -2.45. The highest BCUT2D eigenvalue weighted by molar-refractivity contribution is 6.05. The minimum atomic E-state index is -1.25. The van der Waals surface area contributed by atoms with Crippen LogP contribution in [0.4, 0.5) is 20.6 Å². The van der Waals surface area contributed by atoms with E-state index in [9.17, 15) is 19.1 Å². The third kappa shape index (κ3) is 6.65. The topological polar surface area (TPSA) is 87.5 Å². The molecule has 1 heterocycles. The summed E-state index contributed by atoms with van der Waals surface area (Å²) >= 11 is 0. The highest BCUT2D eigenvalue weighted by atomic mass is 19.1. The van der Waals surface area contributed by atoms with E-state index in [1.54, 1.807) is 43.9 Å². The Balaban J connectivity index is 1.68. The van der Waals surface area contributed by atoms with E-state index in [0.717, 1.165) is 22.1 Å². The zero-order valence-corrected chi connectivity index (χ0v) is 19.3. The molecule has 0 bridgehead atoms. The summed E-state index contributed by atoms with van der Waals surface area (Å²) in [5, 5.41) is 16.6. The molecule has 0 atom stereocenters. The second kappa shape index (κ2) is 10.6. The van der Waals surface area contributed by atoms with Crippen molar-refractivity contribution < 1.29 is 19.1 Å². The van der Waals surface area contributed by atoms with Gasteiger partial charge in [-0.25, -0.2) is 9.18 Å². The van der Waals surface area contributed by atoms with Crippen molar-refractivity contribution in [2.24, 2.45) is 0 Å². The zero-order chi connectivity index (χ0) is 24.7. The first-order valence-corrected chi connectivity index (χ1v) is 10.7. The zero-order valence-electron chi connectivity index (χ0n) is 19.3. The molecule has 2 aromatic carbocycles. The molecule has 0 aliphatic rings. The standard InChI is InChI=1S/C26H27FN4O3/c1-26(2,3)31(25(33)34)23-16-21(27)12-13-22(23)29-24(32)14-11-20-17-28-30(18-20)15-7-10-19-8-5-4-6-9-19/h4-14,16-18H,15H2,1-3H3,(H,29,32)(H,33,34). The molecule has 2 N–H and O–H groups in total. The van der Waals surface area contributed by atoms with E-state index in [-0.39, 0.29) is 11.4 Å². The van der Waals surface area contributed by atoms with Crippen LogP contribution in [0.15, 0.2) is 73.1 Å². The SMILES string of the molecule is CC(C)(C)N(C(=O)O)c1cc(F)ccc1NC(=O)C=Cc1cnn(CC=Cc2ccccc2)c1. The highest BCUT2D eigenvalue weighted by Crippen LogP contribution is 2.32. The van der Waals surface area contributed by atoms with Crippen LogP contribution in [-0.2, 0) is 11.3 Å². The Labute approximate surface area is 197 Å². The van der Waals surface area contributed by atoms with Crippen molar-refractivity contribution in [1.82, 2.24) is 9.78 Å². The number of hydrogen-bond donors (Lipinski definition) is 2. The minimum Gasteiger partial charge on any atom is -0.465 e. The van der Waals surface area contributed by atoms with Gasteiger partial charge in [0.15, 0.2) is 0 Å². The van der Waals surface area contributed by atoms with Gasteiger partial charge in [-0.1, -0.05) is 42.5 Å². The highest BCUT2D eigenvalue weighted by Gasteiger charge is 2.30. The van der Waals surface area contributed by atoms with Crippen LogP contribution in [0, 0.1) is 5.82 Å². The number of aromatic nitrogens is 2. The van der Waals surface area contributed by atoms with Crippen molar-refractivity contribution >= 4 is 35.5 Å². The molecule has 8 heteroatoms. The fraction of sp³-hybridized carbons (Fsp3) is 0.192. The molecule has 3 rings (SSSR count). The van der Waals surface area contributed by atoms with Crippen molar-refractivity contribution in [3.63, 3.8) is 0 Å². The van der Waals surface area contributed by atoms with Crippen LogP contribution in [0.2, 0.25) is 0 Å². The van der Waals surface area contributed by atoms with Gasteiger partial charge in [0.25, 0.3) is 0 Å². The van der Waals surface area contributed by atoms with Gasteiger partial charge in [-0.05, 0) is 50.6 Å². The second-order valence-corrected chi connectivity index (χ2v) is 8.58. The lowest BCUT2D eigenvalue weighted by Gasteiger charge is -2.34. The van der Waals surface area contributed by atoms with E-state index in [1.165, 1.54) is 18.2 Å². The molecule has 7 nitrogen and oxygen atoms in total. The van der Waals surface area contributed by atoms with E-state index in [1.807, 2.05) is 42.5 Å². The second-order valence-electron chi connectivity index (χ2n) is 8.58. The maximum absolute atomic E-state index is 13.9. The summed E-state index contributed by atoms with van der Waals surface area (Å²) < 4.78 is 15.6. The van der Waals surface area contributed by atoms with Gasteiger partial charge >= 0.3 is 6.09 Å². The average Bonchev–Trinajstić information content (AvgIpc) is 3.21. The molecule has 0 fully saturated rings. The Hall–Kier alpha value is -4.20. The Morgan fingerprint density at radius 1 is 1.12 bits per heavy atom. The molecule has 2 amide bonds. The quantitative estimate of drug-likeness (QED) is 0.443. The van der Waals surface area contributed by atoms with E-state index in [0.29, 0.717) is 6.54 Å². The average molecular weight is 463 g/mol. The molecule has 0 saturated heterocycles. The van der Waals surface area contributed by atoms with Gasteiger partial charge in [0.1, 0.15) is 5.82 Å². The Bertz CT molecular complexity index is 1210. The molecule has 176 valence electrons. The largest absolute Gasteiger partial charge is 0.465 e. The van der Waals surface area contributed by atoms with Crippen molar-refractivity contribution in [3.8, 4) is 0 Å². The van der Waals surface area contributed by atoms with Gasteiger partial charge in [-0.3, -0.25) is 14.4 Å². The molecule has 34 heavy (non-hydrogen) atoms. The van der Waals surface area contributed by atoms with E-state index < -0.39 is 23.4 Å². The van der Waals surface area contributed by atoms with Crippen molar-refractivity contribution in [2.75, 3.05) is 10.2 Å². The molecule has 0 radical (unpaired) electrons. The lowest BCUT2D eigenvalue weighted by molar-refractivity contribution is -0.111. The van der Waals surface area contributed by atoms with Crippen LogP contribution in [0.25, 0.3) is 12.2 Å². The van der Waals surface area contributed by atoms with Crippen molar-refractivity contribution in [3.05, 3.63) is 90.0 Å². The number of carboxylic acid groups (broad SMARTS) is 1. The summed E-state index contributed by atoms with van der Waals surface area (Å²) in [6.45, 7) is 5.63. The Kier molecular flexibility index (Phi) is 7.63. The number of hydrogen-bond acceptors (Lipinski definition) is 3. The number of rotatable bonds is 7. The maximum Gasteiger partial charge on any atom is 0.412 e. The predicted octanol–water partition coefficient (Wildman–Crippen LogP) is 5.67. The van der Waals surface area contributed by atoms with E-state index in [4.69, 9.17) is 0 Å². The van der Waals surface area contributed by atoms with Crippen LogP contribution in [-0.4, -0.2) is 32.4 Å². The molecule has 1 aromatic heterocycles. The van der Waals surface area contributed by atoms with Gasteiger partial charge in [-0.2, -0.15) is 5.10 Å². The number of halogens is 1. The first-order valence-electron chi connectivity index (χ1n) is 10.7. The smallest absolute Gasteiger partial charge is 0.412 e. The molecule has 0 saturated carbocycles. The predicted molar refractivity (Wildman–Crippen MR) is 132 cm³/mol. The molecule has 0 aliphatic heterocycles. The van der Waals surface area contributed by atoms with Crippen LogP contribution >= 0.6 is 0 Å². The Morgan fingerprint density at radius 2 is 1.85 bits per heavy atom. The number of anilines is 2. The number of benzene rings is 2. The normalized spacial score (nSPS) is 11.8. The van der Waals surface area contributed by atoms with Crippen LogP contribution in [0.3, 0.4) is 0 Å². The summed E-state index contributed by atoms with van der Waals surface area (Å²) in [5.41, 5.74) is 1.22. The molecule has 0 aliphatic carbocycles. The number of amides is 2. The first kappa shape index (κ1) is 24.4. The van der Waals surface area contributed by atoms with Crippen LogP contribution in [0.5, 0.6) is 0 Å². The van der Waals surface area contributed by atoms with Crippen LogP contribution < -0.4 is 10.2 Å². The summed E-state index contributed by atoms with van der Waals surface area (Å²) in [6.07, 6.45) is 9.09. The van der Waals surface area contributed by atoms with Crippen molar-refractivity contribution in [2.45, 2.75) is 32.9 Å². The molecule has 0 spiro atoms. The molecule has 3 aromatic rings. The third-order valence-electron chi connectivity index (χ3n) is 4.80. The van der Waals surface area contributed by atoms with Gasteiger partial charge < -0.3 is 10.4 Å². The van der Waals surface area contributed by atoms with Crippen LogP contribution in [0.1, 0.15) is 31.9 Å². The molecular weight excluding hydrogens is 435 g/mol. The van der Waals surface area contributed by atoms with E-state index >= 15 is 0 Å². The monoisotopic (exact) mass is 462 g/mol. The number of nitrogens with zero attached hydrogens (tertiary/aromatic N) is 3. The minimum absolute atomic E-state index is 0.0553. The summed E-state index contributed by atoms with van der Waals surface area (Å²) in [7, 11) is 0. The molecular formula is C26H27FN4O3. The lowest BCUT2D eigenvalue weighted by atomic mass is 10.0. The maximum atomic E-state index is 13.9.